The first-order valence-corrected chi connectivity index (χ1v) is 12.5. The van der Waals surface area contributed by atoms with Crippen molar-refractivity contribution < 1.29 is 22.7 Å². The van der Waals surface area contributed by atoms with Gasteiger partial charge < -0.3 is 19.7 Å². The molecule has 36 heavy (non-hydrogen) atoms. The number of hydrogen-bond acceptors (Lipinski definition) is 9. The second-order valence-electron chi connectivity index (χ2n) is 8.83. The summed E-state index contributed by atoms with van der Waals surface area (Å²) in [5.41, 5.74) is -0.0769. The van der Waals surface area contributed by atoms with Crippen LogP contribution in [0.1, 0.15) is 35.7 Å². The van der Waals surface area contributed by atoms with Crippen LogP contribution in [0.4, 0.5) is 24.9 Å². The Balaban J connectivity index is 1.56. The highest BCUT2D eigenvalue weighted by molar-refractivity contribution is 7.18. The number of aliphatic hydroxyl groups excluding tert-OH is 1. The highest BCUT2D eigenvalue weighted by atomic mass is 32.1. The van der Waals surface area contributed by atoms with Crippen LogP contribution >= 0.6 is 11.3 Å². The van der Waals surface area contributed by atoms with Crippen molar-refractivity contribution in [1.82, 2.24) is 19.9 Å². The number of aromatic nitrogens is 4. The first kappa shape index (κ1) is 24.4. The Morgan fingerprint density at radius 3 is 2.78 bits per heavy atom. The molecule has 8 nitrogen and oxygen atoms in total. The van der Waals surface area contributed by atoms with Gasteiger partial charge >= 0.3 is 6.18 Å². The third-order valence-electron chi connectivity index (χ3n) is 6.10. The second kappa shape index (κ2) is 9.66. The van der Waals surface area contributed by atoms with Crippen LogP contribution in [0, 0.1) is 5.92 Å². The lowest BCUT2D eigenvalue weighted by molar-refractivity contribution is -0.141. The molecule has 1 aliphatic rings. The summed E-state index contributed by atoms with van der Waals surface area (Å²) in [7, 11) is 0. The fourth-order valence-electron chi connectivity index (χ4n) is 4.15. The maximum atomic E-state index is 13.9. The van der Waals surface area contributed by atoms with Crippen molar-refractivity contribution >= 4 is 33.3 Å². The SMILES string of the molecule is CCc1cc2c(N3CCc4c(nc(-c5ccoc5)nc4C(F)(F)F)C3)nc(NCC(C)CO)nc2s1. The van der Waals surface area contributed by atoms with E-state index in [9.17, 15) is 18.3 Å². The van der Waals surface area contributed by atoms with Crippen LogP contribution in [-0.2, 0) is 25.6 Å². The molecule has 0 saturated heterocycles. The topological polar surface area (TPSA) is 100 Å². The number of hydrogen-bond donors (Lipinski definition) is 2. The third-order valence-corrected chi connectivity index (χ3v) is 7.28. The molecule has 5 rings (SSSR count). The molecular weight excluding hydrogens is 493 g/mol. The molecule has 0 spiro atoms. The molecule has 1 aliphatic heterocycles. The van der Waals surface area contributed by atoms with Gasteiger partial charge in [-0.3, -0.25) is 0 Å². The van der Waals surface area contributed by atoms with Crippen molar-refractivity contribution in [2.75, 3.05) is 29.9 Å². The maximum Gasteiger partial charge on any atom is 0.433 e. The van der Waals surface area contributed by atoms with Crippen LogP contribution in [0.15, 0.2) is 29.1 Å². The summed E-state index contributed by atoms with van der Waals surface area (Å²) in [6.45, 7) is 4.98. The van der Waals surface area contributed by atoms with E-state index >= 15 is 0 Å². The lowest BCUT2D eigenvalue weighted by Gasteiger charge is -2.31. The van der Waals surface area contributed by atoms with E-state index in [0.717, 1.165) is 21.5 Å². The molecule has 190 valence electrons. The summed E-state index contributed by atoms with van der Waals surface area (Å²) < 4.78 is 46.8. The van der Waals surface area contributed by atoms with Gasteiger partial charge in [-0.1, -0.05) is 13.8 Å². The van der Waals surface area contributed by atoms with Crippen LogP contribution in [0.5, 0.6) is 0 Å². The molecular formula is C24H25F3N6O2S. The number of nitrogens with zero attached hydrogens (tertiary/aromatic N) is 5. The highest BCUT2D eigenvalue weighted by Gasteiger charge is 2.39. The van der Waals surface area contributed by atoms with E-state index in [0.29, 0.717) is 36.1 Å². The van der Waals surface area contributed by atoms with E-state index in [1.807, 2.05) is 17.9 Å². The quantitative estimate of drug-likeness (QED) is 0.356. The van der Waals surface area contributed by atoms with Crippen molar-refractivity contribution in [2.45, 2.75) is 39.4 Å². The van der Waals surface area contributed by atoms with Crippen LogP contribution in [0.25, 0.3) is 21.6 Å². The van der Waals surface area contributed by atoms with Crippen molar-refractivity contribution in [3.8, 4) is 11.4 Å². The predicted molar refractivity (Wildman–Crippen MR) is 131 cm³/mol. The molecule has 0 radical (unpaired) electrons. The van der Waals surface area contributed by atoms with Crippen LogP contribution in [-0.4, -0.2) is 44.7 Å². The van der Waals surface area contributed by atoms with Crippen LogP contribution < -0.4 is 10.2 Å². The number of nitrogens with one attached hydrogen (secondary N) is 1. The van der Waals surface area contributed by atoms with E-state index in [4.69, 9.17) is 9.40 Å². The summed E-state index contributed by atoms with van der Waals surface area (Å²) in [6, 6.07) is 3.59. The molecule has 1 atom stereocenters. The third kappa shape index (κ3) is 4.74. The van der Waals surface area contributed by atoms with Gasteiger partial charge in [0.25, 0.3) is 0 Å². The van der Waals surface area contributed by atoms with Gasteiger partial charge in [-0.25, -0.2) is 15.0 Å². The zero-order chi connectivity index (χ0) is 25.4. The number of aliphatic hydroxyl groups is 1. The average Bonchev–Trinajstić information content (AvgIpc) is 3.55. The van der Waals surface area contributed by atoms with Crippen LogP contribution in [0.3, 0.4) is 0 Å². The number of furan rings is 1. The lowest BCUT2D eigenvalue weighted by Crippen LogP contribution is -2.34. The van der Waals surface area contributed by atoms with Crippen molar-refractivity contribution in [1.29, 1.82) is 0 Å². The zero-order valence-electron chi connectivity index (χ0n) is 19.8. The molecule has 0 saturated carbocycles. The van der Waals surface area contributed by atoms with E-state index in [1.54, 1.807) is 17.4 Å². The Morgan fingerprint density at radius 2 is 2.08 bits per heavy atom. The Morgan fingerprint density at radius 1 is 1.25 bits per heavy atom. The Hall–Kier alpha value is -3.25. The van der Waals surface area contributed by atoms with Gasteiger partial charge in [0.2, 0.25) is 5.95 Å². The average molecular weight is 519 g/mol. The molecule has 0 aromatic carbocycles. The smallest absolute Gasteiger partial charge is 0.433 e. The predicted octanol–water partition coefficient (Wildman–Crippen LogP) is 4.93. The fourth-order valence-corrected chi connectivity index (χ4v) is 5.11. The molecule has 1 unspecified atom stereocenters. The summed E-state index contributed by atoms with van der Waals surface area (Å²) in [6.07, 6.45) is -0.914. The number of fused-ring (bicyclic) bond motifs is 2. The first-order valence-electron chi connectivity index (χ1n) is 11.7. The maximum absolute atomic E-state index is 13.9. The molecule has 4 aromatic rings. The van der Waals surface area contributed by atoms with Gasteiger partial charge in [-0.15, -0.1) is 11.3 Å². The Bertz CT molecular complexity index is 1370. The van der Waals surface area contributed by atoms with Crippen molar-refractivity contribution in [2.24, 2.45) is 5.92 Å². The largest absolute Gasteiger partial charge is 0.472 e. The van der Waals surface area contributed by atoms with Gasteiger partial charge in [0.15, 0.2) is 11.5 Å². The highest BCUT2D eigenvalue weighted by Crippen LogP contribution is 2.38. The number of anilines is 2. The molecule has 5 heterocycles. The minimum atomic E-state index is -4.60. The lowest BCUT2D eigenvalue weighted by atomic mass is 10.0. The summed E-state index contributed by atoms with van der Waals surface area (Å²) >= 11 is 1.57. The standard InChI is InChI=1S/C24H25F3N6O2S/c1-3-15-8-17-21(31-23(32-22(17)36-15)28-9-13(2)11-34)33-6-4-16-18(10-33)29-20(14-5-7-35-12-14)30-19(16)24(25,26)27/h5,7-8,12-13,34H,3-4,6,9-11H2,1-2H3,(H,28,31,32). The number of halogens is 3. The van der Waals surface area contributed by atoms with E-state index in [2.05, 4.69) is 27.2 Å². The monoisotopic (exact) mass is 518 g/mol. The summed E-state index contributed by atoms with van der Waals surface area (Å²) in [4.78, 5) is 21.6. The normalized spacial score (nSPS) is 14.8. The Kier molecular flexibility index (Phi) is 6.56. The molecule has 0 aliphatic carbocycles. The van der Waals surface area contributed by atoms with Gasteiger partial charge in [0, 0.05) is 30.1 Å². The first-order chi connectivity index (χ1) is 17.3. The van der Waals surface area contributed by atoms with Gasteiger partial charge in [-0.2, -0.15) is 18.2 Å². The van der Waals surface area contributed by atoms with Gasteiger partial charge in [-0.05, 0) is 30.9 Å². The van der Waals surface area contributed by atoms with Crippen molar-refractivity contribution in [3.05, 3.63) is 46.5 Å². The fraction of sp³-hybridized carbons (Fsp3) is 0.417. The molecule has 0 amide bonds. The van der Waals surface area contributed by atoms with E-state index < -0.39 is 11.9 Å². The zero-order valence-corrected chi connectivity index (χ0v) is 20.6. The molecule has 2 N–H and O–H groups in total. The summed E-state index contributed by atoms with van der Waals surface area (Å²) in [5.74, 6) is 1.07. The minimum Gasteiger partial charge on any atom is -0.472 e. The van der Waals surface area contributed by atoms with Crippen molar-refractivity contribution in [3.63, 3.8) is 0 Å². The molecule has 0 bridgehead atoms. The van der Waals surface area contributed by atoms with Gasteiger partial charge in [0.1, 0.15) is 16.9 Å². The number of alkyl halides is 3. The molecule has 12 heteroatoms. The minimum absolute atomic E-state index is 0.0166. The second-order valence-corrected chi connectivity index (χ2v) is 9.94. The summed E-state index contributed by atoms with van der Waals surface area (Å²) in [5, 5.41) is 13.4. The Labute approximate surface area is 209 Å². The van der Waals surface area contributed by atoms with E-state index in [1.165, 1.54) is 12.5 Å². The number of thiophene rings is 1. The molecule has 4 aromatic heterocycles. The number of aryl methyl sites for hydroxylation is 1. The number of rotatable bonds is 7. The van der Waals surface area contributed by atoms with Gasteiger partial charge in [0.05, 0.1) is 29.5 Å². The molecule has 0 fully saturated rings. The van der Waals surface area contributed by atoms with E-state index in [-0.39, 0.29) is 36.9 Å². The van der Waals surface area contributed by atoms with Crippen LogP contribution in [0.2, 0.25) is 0 Å².